The number of amides is 1. The fourth-order valence-electron chi connectivity index (χ4n) is 3.20. The molecule has 1 aromatic rings. The van der Waals surface area contributed by atoms with Gasteiger partial charge in [-0.3, -0.25) is 4.79 Å². The molecule has 154 valence electrons. The molecule has 2 fully saturated rings. The largest absolute Gasteiger partial charge is 0.452 e. The van der Waals surface area contributed by atoms with E-state index in [1.54, 1.807) is 4.90 Å². The SMILES string of the molecule is O=C(OCC(=O)N1CCCCC1)c1ccc(F)c(S(=O)(=O)N2CCOCC2)c1. The second-order valence-electron chi connectivity index (χ2n) is 6.68. The van der Waals surface area contributed by atoms with Crippen molar-refractivity contribution in [3.63, 3.8) is 0 Å². The zero-order valence-corrected chi connectivity index (χ0v) is 16.2. The Bertz CT molecular complexity index is 832. The van der Waals surface area contributed by atoms with Crippen LogP contribution in [0.4, 0.5) is 4.39 Å². The first-order chi connectivity index (χ1) is 13.4. The summed E-state index contributed by atoms with van der Waals surface area (Å²) in [5.41, 5.74) is -0.125. The van der Waals surface area contributed by atoms with E-state index in [9.17, 15) is 22.4 Å². The van der Waals surface area contributed by atoms with Crippen LogP contribution in [0.25, 0.3) is 0 Å². The summed E-state index contributed by atoms with van der Waals surface area (Å²) in [7, 11) is -4.10. The number of morpholine rings is 1. The zero-order chi connectivity index (χ0) is 20.1. The van der Waals surface area contributed by atoms with Gasteiger partial charge >= 0.3 is 5.97 Å². The quantitative estimate of drug-likeness (QED) is 0.668. The highest BCUT2D eigenvalue weighted by molar-refractivity contribution is 7.89. The number of hydrogen-bond acceptors (Lipinski definition) is 6. The molecule has 28 heavy (non-hydrogen) atoms. The lowest BCUT2D eigenvalue weighted by Crippen LogP contribution is -2.41. The van der Waals surface area contributed by atoms with E-state index in [4.69, 9.17) is 9.47 Å². The van der Waals surface area contributed by atoms with Gasteiger partial charge in [0.1, 0.15) is 10.7 Å². The summed E-state index contributed by atoms with van der Waals surface area (Å²) in [6, 6.07) is 3.01. The summed E-state index contributed by atoms with van der Waals surface area (Å²) in [5.74, 6) is -2.12. The van der Waals surface area contributed by atoms with E-state index in [1.165, 1.54) is 0 Å². The Kier molecular flexibility index (Phi) is 6.63. The molecule has 2 saturated heterocycles. The van der Waals surface area contributed by atoms with Gasteiger partial charge in [0, 0.05) is 26.2 Å². The van der Waals surface area contributed by atoms with Gasteiger partial charge in [0.25, 0.3) is 5.91 Å². The second kappa shape index (κ2) is 8.97. The Morgan fingerprint density at radius 2 is 1.75 bits per heavy atom. The van der Waals surface area contributed by atoms with Crippen molar-refractivity contribution >= 4 is 21.9 Å². The Balaban J connectivity index is 1.69. The summed E-state index contributed by atoms with van der Waals surface area (Å²) in [6.45, 7) is 1.51. The fraction of sp³-hybridized carbons (Fsp3) is 0.556. The van der Waals surface area contributed by atoms with Crippen molar-refractivity contribution in [1.29, 1.82) is 0 Å². The van der Waals surface area contributed by atoms with Gasteiger partial charge in [-0.1, -0.05) is 0 Å². The first-order valence-corrected chi connectivity index (χ1v) is 10.7. The summed E-state index contributed by atoms with van der Waals surface area (Å²) in [6.07, 6.45) is 2.90. The highest BCUT2D eigenvalue weighted by Crippen LogP contribution is 2.22. The van der Waals surface area contributed by atoms with Crippen LogP contribution in [0, 0.1) is 5.82 Å². The molecule has 0 bridgehead atoms. The minimum absolute atomic E-state index is 0.112. The molecule has 2 aliphatic heterocycles. The normalized spacial score (nSPS) is 18.7. The van der Waals surface area contributed by atoms with Crippen LogP contribution in [0.5, 0.6) is 0 Å². The van der Waals surface area contributed by atoms with Crippen LogP contribution >= 0.6 is 0 Å². The monoisotopic (exact) mass is 414 g/mol. The Morgan fingerprint density at radius 1 is 1.07 bits per heavy atom. The predicted molar refractivity (Wildman–Crippen MR) is 96.7 cm³/mol. The molecular formula is C18H23FN2O6S. The first kappa shape index (κ1) is 20.7. The van der Waals surface area contributed by atoms with Crippen LogP contribution in [0.3, 0.4) is 0 Å². The lowest BCUT2D eigenvalue weighted by molar-refractivity contribution is -0.135. The molecule has 0 unspecified atom stereocenters. The van der Waals surface area contributed by atoms with Gasteiger partial charge in [-0.05, 0) is 37.5 Å². The van der Waals surface area contributed by atoms with E-state index in [-0.39, 0.29) is 37.8 Å². The number of sulfonamides is 1. The first-order valence-electron chi connectivity index (χ1n) is 9.22. The minimum Gasteiger partial charge on any atom is -0.452 e. The van der Waals surface area contributed by atoms with Crippen LogP contribution < -0.4 is 0 Å². The smallest absolute Gasteiger partial charge is 0.338 e. The number of nitrogens with zero attached hydrogens (tertiary/aromatic N) is 2. The molecule has 0 aromatic heterocycles. The van der Waals surface area contributed by atoms with Crippen molar-refractivity contribution in [2.45, 2.75) is 24.2 Å². The number of halogens is 1. The Labute approximate surface area is 163 Å². The molecule has 3 rings (SSSR count). The van der Waals surface area contributed by atoms with Gasteiger partial charge in [0.2, 0.25) is 10.0 Å². The van der Waals surface area contributed by atoms with Crippen LogP contribution in [0.2, 0.25) is 0 Å². The summed E-state index contributed by atoms with van der Waals surface area (Å²) in [5, 5.41) is 0. The molecule has 0 aliphatic carbocycles. The Hall–Kier alpha value is -2.04. The van der Waals surface area contributed by atoms with E-state index in [1.807, 2.05) is 0 Å². The van der Waals surface area contributed by atoms with Gasteiger partial charge in [-0.2, -0.15) is 4.31 Å². The predicted octanol–water partition coefficient (Wildman–Crippen LogP) is 1.02. The molecule has 1 aromatic carbocycles. The van der Waals surface area contributed by atoms with E-state index in [0.29, 0.717) is 13.1 Å². The molecular weight excluding hydrogens is 391 g/mol. The number of carbonyl (C=O) groups excluding carboxylic acids is 2. The van der Waals surface area contributed by atoms with Crippen LogP contribution in [-0.4, -0.2) is 75.5 Å². The maximum atomic E-state index is 14.2. The number of rotatable bonds is 5. The fourth-order valence-corrected chi connectivity index (χ4v) is 4.70. The summed E-state index contributed by atoms with van der Waals surface area (Å²) < 4.78 is 50.8. The molecule has 2 heterocycles. The third-order valence-electron chi connectivity index (χ3n) is 4.79. The van der Waals surface area contributed by atoms with E-state index in [2.05, 4.69) is 0 Å². The summed E-state index contributed by atoms with van der Waals surface area (Å²) in [4.78, 5) is 25.4. The van der Waals surface area contributed by atoms with Gasteiger partial charge < -0.3 is 14.4 Å². The Morgan fingerprint density at radius 3 is 2.43 bits per heavy atom. The maximum Gasteiger partial charge on any atom is 0.338 e. The molecule has 0 saturated carbocycles. The standard InChI is InChI=1S/C18H23FN2O6S/c19-15-5-4-14(12-16(15)28(24,25)21-8-10-26-11-9-21)18(23)27-13-17(22)20-6-2-1-3-7-20/h4-5,12H,1-3,6-11,13H2. The lowest BCUT2D eigenvalue weighted by atomic mass is 10.1. The van der Waals surface area contributed by atoms with Crippen molar-refractivity contribution in [2.75, 3.05) is 46.0 Å². The number of piperidine rings is 1. The lowest BCUT2D eigenvalue weighted by Gasteiger charge is -2.26. The highest BCUT2D eigenvalue weighted by Gasteiger charge is 2.30. The van der Waals surface area contributed by atoms with Gasteiger partial charge in [0.05, 0.1) is 18.8 Å². The van der Waals surface area contributed by atoms with Crippen molar-refractivity contribution in [1.82, 2.24) is 9.21 Å². The minimum atomic E-state index is -4.10. The molecule has 1 amide bonds. The van der Waals surface area contributed by atoms with E-state index in [0.717, 1.165) is 41.8 Å². The molecule has 0 N–H and O–H groups in total. The molecule has 2 aliphatic rings. The molecule has 0 atom stereocenters. The second-order valence-corrected chi connectivity index (χ2v) is 8.59. The van der Waals surface area contributed by atoms with E-state index < -0.39 is 33.3 Å². The van der Waals surface area contributed by atoms with Crippen LogP contribution in [0.15, 0.2) is 23.1 Å². The maximum absolute atomic E-state index is 14.2. The number of carbonyl (C=O) groups is 2. The number of ether oxygens (including phenoxy) is 2. The van der Waals surface area contributed by atoms with Crippen molar-refractivity contribution < 1.29 is 31.9 Å². The average molecular weight is 414 g/mol. The highest BCUT2D eigenvalue weighted by atomic mass is 32.2. The average Bonchev–Trinajstić information content (AvgIpc) is 2.73. The third-order valence-corrected chi connectivity index (χ3v) is 6.70. The van der Waals surface area contributed by atoms with Gasteiger partial charge in [-0.25, -0.2) is 17.6 Å². The topological polar surface area (TPSA) is 93.2 Å². The number of benzene rings is 1. The summed E-state index contributed by atoms with van der Waals surface area (Å²) >= 11 is 0. The van der Waals surface area contributed by atoms with Crippen LogP contribution in [0.1, 0.15) is 29.6 Å². The van der Waals surface area contributed by atoms with Gasteiger partial charge in [-0.15, -0.1) is 0 Å². The number of hydrogen-bond donors (Lipinski definition) is 0. The molecule has 0 radical (unpaired) electrons. The molecule has 8 nitrogen and oxygen atoms in total. The molecule has 10 heteroatoms. The number of esters is 1. The van der Waals surface area contributed by atoms with Crippen molar-refractivity contribution in [2.24, 2.45) is 0 Å². The zero-order valence-electron chi connectivity index (χ0n) is 15.4. The van der Waals surface area contributed by atoms with E-state index >= 15 is 0 Å². The molecule has 0 spiro atoms. The van der Waals surface area contributed by atoms with Crippen molar-refractivity contribution in [3.8, 4) is 0 Å². The van der Waals surface area contributed by atoms with Crippen molar-refractivity contribution in [3.05, 3.63) is 29.6 Å². The third kappa shape index (κ3) is 4.68. The van der Waals surface area contributed by atoms with Gasteiger partial charge in [0.15, 0.2) is 6.61 Å². The van der Waals surface area contributed by atoms with Crippen LogP contribution in [-0.2, 0) is 24.3 Å². The number of likely N-dealkylation sites (tertiary alicyclic amines) is 1.